The summed E-state index contributed by atoms with van der Waals surface area (Å²) in [7, 11) is 5.81. The molecule has 2 aromatic rings. The predicted octanol–water partition coefficient (Wildman–Crippen LogP) is 2.59. The van der Waals surface area contributed by atoms with Gasteiger partial charge >= 0.3 is 0 Å². The van der Waals surface area contributed by atoms with Gasteiger partial charge in [-0.2, -0.15) is 0 Å². The van der Waals surface area contributed by atoms with E-state index in [0.717, 1.165) is 28.8 Å². The second-order valence-electron chi connectivity index (χ2n) is 5.99. The van der Waals surface area contributed by atoms with Crippen LogP contribution >= 0.6 is 24.0 Å². The Morgan fingerprint density at radius 3 is 2.69 bits per heavy atom. The van der Waals surface area contributed by atoms with Crippen molar-refractivity contribution in [3.63, 3.8) is 0 Å². The van der Waals surface area contributed by atoms with Gasteiger partial charge in [0.15, 0.2) is 17.5 Å². The van der Waals surface area contributed by atoms with Gasteiger partial charge in [0.25, 0.3) is 0 Å². The van der Waals surface area contributed by atoms with E-state index in [-0.39, 0.29) is 36.8 Å². The summed E-state index contributed by atoms with van der Waals surface area (Å²) in [5, 5.41) is 6.65. The first kappa shape index (κ1) is 20.4. The van der Waals surface area contributed by atoms with Crippen molar-refractivity contribution in [1.82, 2.24) is 15.5 Å². The van der Waals surface area contributed by atoms with E-state index in [4.69, 9.17) is 13.9 Å². The quantitative estimate of drug-likeness (QED) is 0.383. The molecule has 7 nitrogen and oxygen atoms in total. The van der Waals surface area contributed by atoms with Crippen molar-refractivity contribution in [1.29, 1.82) is 0 Å². The Hall–Kier alpha value is -1.94. The molecule has 0 aliphatic carbocycles. The van der Waals surface area contributed by atoms with Gasteiger partial charge in [-0.3, -0.25) is 9.89 Å². The van der Waals surface area contributed by atoms with Crippen molar-refractivity contribution < 1.29 is 13.9 Å². The summed E-state index contributed by atoms with van der Waals surface area (Å²) < 4.78 is 16.3. The molecule has 1 aromatic carbocycles. The molecule has 1 aliphatic rings. The Morgan fingerprint density at radius 1 is 1.19 bits per heavy atom. The van der Waals surface area contributed by atoms with Gasteiger partial charge in [-0.15, -0.1) is 24.0 Å². The molecule has 0 fully saturated rings. The van der Waals surface area contributed by atoms with E-state index in [1.165, 1.54) is 0 Å². The zero-order valence-corrected chi connectivity index (χ0v) is 17.5. The van der Waals surface area contributed by atoms with E-state index in [2.05, 4.69) is 20.5 Å². The van der Waals surface area contributed by atoms with E-state index in [1.54, 1.807) is 13.3 Å². The average molecular weight is 472 g/mol. The van der Waals surface area contributed by atoms with Gasteiger partial charge in [-0.1, -0.05) is 6.07 Å². The fourth-order valence-corrected chi connectivity index (χ4v) is 2.67. The van der Waals surface area contributed by atoms with Crippen LogP contribution in [-0.4, -0.2) is 45.3 Å². The topological polar surface area (TPSA) is 71.3 Å². The lowest BCUT2D eigenvalue weighted by molar-refractivity contribution is 0.174. The summed E-state index contributed by atoms with van der Waals surface area (Å²) in [4.78, 5) is 6.39. The highest BCUT2D eigenvalue weighted by molar-refractivity contribution is 14.0. The maximum Gasteiger partial charge on any atom is 0.231 e. The van der Waals surface area contributed by atoms with E-state index < -0.39 is 0 Å². The smallest absolute Gasteiger partial charge is 0.231 e. The van der Waals surface area contributed by atoms with Crippen LogP contribution in [0.15, 0.2) is 46.0 Å². The lowest BCUT2D eigenvalue weighted by Crippen LogP contribution is -2.41. The maximum atomic E-state index is 5.53. The van der Waals surface area contributed by atoms with Crippen molar-refractivity contribution in [3.05, 3.63) is 47.9 Å². The van der Waals surface area contributed by atoms with Crippen LogP contribution in [0.25, 0.3) is 0 Å². The van der Waals surface area contributed by atoms with Crippen molar-refractivity contribution in [3.8, 4) is 11.5 Å². The summed E-state index contributed by atoms with van der Waals surface area (Å²) in [6, 6.07) is 9.93. The van der Waals surface area contributed by atoms with Crippen LogP contribution in [0.3, 0.4) is 0 Å². The van der Waals surface area contributed by atoms with Crippen molar-refractivity contribution in [2.75, 3.05) is 34.5 Å². The molecule has 142 valence electrons. The van der Waals surface area contributed by atoms with E-state index in [0.29, 0.717) is 13.1 Å². The highest BCUT2D eigenvalue weighted by Gasteiger charge is 2.17. The van der Waals surface area contributed by atoms with Gasteiger partial charge in [-0.05, 0) is 43.9 Å². The first-order valence-corrected chi connectivity index (χ1v) is 8.20. The molecule has 0 saturated heterocycles. The third-order valence-electron chi connectivity index (χ3n) is 4.08. The number of aliphatic imine (C=N–C) groups is 1. The number of nitrogens with zero attached hydrogens (tertiary/aromatic N) is 2. The minimum atomic E-state index is 0. The Morgan fingerprint density at radius 2 is 2.00 bits per heavy atom. The van der Waals surface area contributed by atoms with E-state index in [9.17, 15) is 0 Å². The molecular weight excluding hydrogens is 447 g/mol. The second kappa shape index (κ2) is 9.67. The summed E-state index contributed by atoms with van der Waals surface area (Å²) in [6.07, 6.45) is 1.69. The Kier molecular flexibility index (Phi) is 7.58. The molecule has 8 heteroatoms. The number of guanidine groups is 1. The molecule has 0 spiro atoms. The van der Waals surface area contributed by atoms with Crippen LogP contribution < -0.4 is 20.1 Å². The van der Waals surface area contributed by atoms with Gasteiger partial charge < -0.3 is 24.5 Å². The molecule has 26 heavy (non-hydrogen) atoms. The number of halogens is 1. The van der Waals surface area contributed by atoms with Gasteiger partial charge in [-0.25, -0.2) is 0 Å². The molecule has 1 atom stereocenters. The maximum absolute atomic E-state index is 5.53. The second-order valence-corrected chi connectivity index (χ2v) is 5.99. The lowest BCUT2D eigenvalue weighted by Gasteiger charge is -2.23. The van der Waals surface area contributed by atoms with Gasteiger partial charge in [0, 0.05) is 20.1 Å². The number of rotatable bonds is 6. The number of furan rings is 1. The Bertz CT molecular complexity index is 719. The largest absolute Gasteiger partial charge is 0.468 e. The van der Waals surface area contributed by atoms with Crippen LogP contribution in [0.1, 0.15) is 17.4 Å². The minimum Gasteiger partial charge on any atom is -0.468 e. The predicted molar refractivity (Wildman–Crippen MR) is 111 cm³/mol. The molecule has 1 unspecified atom stereocenters. The van der Waals surface area contributed by atoms with Gasteiger partial charge in [0.1, 0.15) is 5.76 Å². The molecule has 0 saturated carbocycles. The molecule has 2 N–H and O–H groups in total. The highest BCUT2D eigenvalue weighted by atomic mass is 127. The summed E-state index contributed by atoms with van der Waals surface area (Å²) in [5.41, 5.74) is 1.10. The van der Waals surface area contributed by atoms with Gasteiger partial charge in [0.2, 0.25) is 6.79 Å². The molecule has 0 radical (unpaired) electrons. The third-order valence-corrected chi connectivity index (χ3v) is 4.08. The first-order chi connectivity index (χ1) is 12.2. The van der Waals surface area contributed by atoms with Crippen LogP contribution in [-0.2, 0) is 6.54 Å². The molecule has 3 rings (SSSR count). The van der Waals surface area contributed by atoms with Crippen molar-refractivity contribution in [2.24, 2.45) is 4.99 Å². The minimum absolute atomic E-state index is 0. The molecule has 0 amide bonds. The fourth-order valence-electron chi connectivity index (χ4n) is 2.67. The highest BCUT2D eigenvalue weighted by Crippen LogP contribution is 2.32. The van der Waals surface area contributed by atoms with Crippen molar-refractivity contribution in [2.45, 2.75) is 12.6 Å². The molecule has 1 aromatic heterocycles. The summed E-state index contributed by atoms with van der Waals surface area (Å²) in [5.74, 6) is 3.23. The number of likely N-dealkylation sites (N-methyl/N-ethyl adjacent to an activating group) is 1. The zero-order chi connectivity index (χ0) is 17.6. The number of hydrogen-bond donors (Lipinski definition) is 2. The Balaban J connectivity index is 0.00000243. The van der Waals surface area contributed by atoms with E-state index >= 15 is 0 Å². The number of ether oxygens (including phenoxy) is 2. The van der Waals surface area contributed by atoms with Crippen LogP contribution in [0, 0.1) is 0 Å². The van der Waals surface area contributed by atoms with Gasteiger partial charge in [0.05, 0.1) is 12.3 Å². The van der Waals surface area contributed by atoms with Crippen molar-refractivity contribution >= 4 is 29.9 Å². The number of hydrogen-bond acceptors (Lipinski definition) is 5. The zero-order valence-electron chi connectivity index (χ0n) is 15.2. The fraction of sp³-hybridized carbons (Fsp3) is 0.389. The molecule has 1 aliphatic heterocycles. The third kappa shape index (κ3) is 5.04. The van der Waals surface area contributed by atoms with Crippen LogP contribution in [0.4, 0.5) is 0 Å². The SMILES string of the molecule is CN=C(NCc1ccc2c(c1)OCO2)NCC(c1ccco1)N(C)C.I. The monoisotopic (exact) mass is 472 g/mol. The molecule has 2 heterocycles. The standard InChI is InChI=1S/C18H24N4O3.HI/c1-19-18(21-11-14(22(2)3)15-5-4-8-23-15)20-10-13-6-7-16-17(9-13)25-12-24-16;/h4-9,14H,10-12H2,1-3H3,(H2,19,20,21);1H. The normalized spacial score (nSPS) is 14.1. The number of fused-ring (bicyclic) bond motifs is 1. The lowest BCUT2D eigenvalue weighted by atomic mass is 10.2. The first-order valence-electron chi connectivity index (χ1n) is 8.20. The average Bonchev–Trinajstić information content (AvgIpc) is 3.28. The number of nitrogens with one attached hydrogen (secondary N) is 2. The number of benzene rings is 1. The summed E-state index contributed by atoms with van der Waals surface area (Å²) in [6.45, 7) is 1.61. The Labute approximate surface area is 170 Å². The molecule has 0 bridgehead atoms. The van der Waals surface area contributed by atoms with Crippen LogP contribution in [0.2, 0.25) is 0 Å². The molecular formula is C18H25IN4O3. The summed E-state index contributed by atoms with van der Waals surface area (Å²) >= 11 is 0. The van der Waals surface area contributed by atoms with Crippen LogP contribution in [0.5, 0.6) is 11.5 Å². The van der Waals surface area contributed by atoms with E-state index in [1.807, 2.05) is 44.4 Å².